The van der Waals surface area contributed by atoms with Crippen molar-refractivity contribution >= 4 is 11.1 Å². The predicted molar refractivity (Wildman–Crippen MR) is 59.4 cm³/mol. The Labute approximate surface area is 87.2 Å². The van der Waals surface area contributed by atoms with Gasteiger partial charge in [0.25, 0.3) is 0 Å². The van der Waals surface area contributed by atoms with Crippen LogP contribution in [-0.4, -0.2) is 4.98 Å². The predicted octanol–water partition coefficient (Wildman–Crippen LogP) is 3.49. The molecule has 15 heavy (non-hydrogen) atoms. The van der Waals surface area contributed by atoms with E-state index in [1.807, 2.05) is 54.6 Å². The van der Waals surface area contributed by atoms with Crippen LogP contribution in [0.2, 0.25) is 0 Å². The molecule has 0 spiro atoms. The number of rotatable bonds is 1. The highest BCUT2D eigenvalue weighted by atomic mass is 16.4. The molecule has 2 aromatic carbocycles. The van der Waals surface area contributed by atoms with Gasteiger partial charge in [-0.3, -0.25) is 0 Å². The minimum atomic E-state index is 0.678. The molecule has 0 N–H and O–H groups in total. The summed E-state index contributed by atoms with van der Waals surface area (Å²) in [6.45, 7) is 0. The summed E-state index contributed by atoms with van der Waals surface area (Å²) in [7, 11) is 0. The Morgan fingerprint density at radius 1 is 0.800 bits per heavy atom. The lowest BCUT2D eigenvalue weighted by molar-refractivity contribution is 0.620. The van der Waals surface area contributed by atoms with E-state index < -0.39 is 0 Å². The minimum Gasteiger partial charge on any atom is -0.436 e. The lowest BCUT2D eigenvalue weighted by Gasteiger charge is -1.91. The van der Waals surface area contributed by atoms with Gasteiger partial charge in [-0.1, -0.05) is 30.3 Å². The van der Waals surface area contributed by atoms with E-state index in [1.165, 1.54) is 0 Å². The molecule has 0 saturated carbocycles. The van der Waals surface area contributed by atoms with Gasteiger partial charge in [0, 0.05) is 5.56 Å². The van der Waals surface area contributed by atoms with Crippen LogP contribution in [0.4, 0.5) is 0 Å². The molecule has 0 aliphatic carbocycles. The Bertz CT molecular complexity index is 551. The maximum absolute atomic E-state index is 5.64. The third-order valence-corrected chi connectivity index (χ3v) is 2.31. The van der Waals surface area contributed by atoms with Crippen molar-refractivity contribution in [3.05, 3.63) is 54.6 Å². The average molecular weight is 196 g/mol. The maximum atomic E-state index is 5.64. The van der Waals surface area contributed by atoms with Gasteiger partial charge in [0.2, 0.25) is 5.89 Å². The van der Waals surface area contributed by atoms with E-state index in [-0.39, 0.29) is 0 Å². The zero-order chi connectivity index (χ0) is 10.1. The molecule has 3 aromatic rings. The van der Waals surface area contributed by atoms with Gasteiger partial charge in [0.05, 0.1) is 0 Å². The highest BCUT2D eigenvalue weighted by molar-refractivity contribution is 5.75. The quantitative estimate of drug-likeness (QED) is 0.595. The fraction of sp³-hybridized carbons (Fsp3) is 0. The third-order valence-electron chi connectivity index (χ3n) is 2.31. The van der Waals surface area contributed by atoms with Crippen molar-refractivity contribution in [2.24, 2.45) is 0 Å². The Morgan fingerprint density at radius 3 is 2.33 bits per heavy atom. The zero-order valence-corrected chi connectivity index (χ0v) is 8.05. The van der Waals surface area contributed by atoms with E-state index in [4.69, 9.17) is 4.42 Å². The maximum Gasteiger partial charge on any atom is 0.227 e. The molecule has 0 fully saturated rings. The number of hydrogen-bond acceptors (Lipinski definition) is 2. The molecule has 2 nitrogen and oxygen atoms in total. The summed E-state index contributed by atoms with van der Waals surface area (Å²) in [6, 6.07) is 17.7. The molecule has 72 valence electrons. The topological polar surface area (TPSA) is 26.0 Å². The van der Waals surface area contributed by atoms with Crippen LogP contribution >= 0.6 is 0 Å². The zero-order valence-electron chi connectivity index (χ0n) is 8.05. The molecule has 0 bridgehead atoms. The van der Waals surface area contributed by atoms with Crippen LogP contribution in [-0.2, 0) is 0 Å². The van der Waals surface area contributed by atoms with E-state index in [0.717, 1.165) is 16.7 Å². The van der Waals surface area contributed by atoms with Gasteiger partial charge >= 0.3 is 0 Å². The van der Waals surface area contributed by atoms with Crippen molar-refractivity contribution in [1.29, 1.82) is 0 Å². The van der Waals surface area contributed by atoms with Crippen LogP contribution in [0.25, 0.3) is 22.6 Å². The summed E-state index contributed by atoms with van der Waals surface area (Å²) in [4.78, 5) is 4.42. The van der Waals surface area contributed by atoms with Crippen molar-refractivity contribution in [2.75, 3.05) is 0 Å². The summed E-state index contributed by atoms with van der Waals surface area (Å²) in [5.41, 5.74) is 2.74. The summed E-state index contributed by atoms with van der Waals surface area (Å²) >= 11 is 0. The largest absolute Gasteiger partial charge is 0.436 e. The van der Waals surface area contributed by atoms with E-state index in [0.29, 0.717) is 5.89 Å². The van der Waals surface area contributed by atoms with Gasteiger partial charge in [-0.25, -0.2) is 4.98 Å². The fourth-order valence-electron chi connectivity index (χ4n) is 1.58. The first-order valence-corrected chi connectivity index (χ1v) is 4.84. The molecule has 0 atom stereocenters. The smallest absolute Gasteiger partial charge is 0.227 e. The van der Waals surface area contributed by atoms with Crippen LogP contribution in [0.5, 0.6) is 0 Å². The second-order valence-electron chi connectivity index (χ2n) is 3.35. The molecular formula is C13H9NO. The lowest BCUT2D eigenvalue weighted by Crippen LogP contribution is -1.74. The monoisotopic (exact) mass is 196 g/mol. The molecule has 0 saturated heterocycles. The molecule has 2 heteroatoms. The van der Waals surface area contributed by atoms with Crippen LogP contribution in [0.1, 0.15) is 0 Å². The molecule has 1 heterocycles. The molecule has 3 rings (SSSR count). The number of oxazole rings is 1. The Kier molecular flexibility index (Phi) is 1.78. The van der Waals surface area contributed by atoms with Crippen molar-refractivity contribution in [2.45, 2.75) is 0 Å². The van der Waals surface area contributed by atoms with Crippen molar-refractivity contribution in [1.82, 2.24) is 4.98 Å². The first-order valence-electron chi connectivity index (χ1n) is 4.84. The summed E-state index contributed by atoms with van der Waals surface area (Å²) in [5.74, 6) is 0.678. The molecule has 0 aliphatic rings. The van der Waals surface area contributed by atoms with Gasteiger partial charge in [-0.05, 0) is 24.3 Å². The summed E-state index contributed by atoms with van der Waals surface area (Å²) in [6.07, 6.45) is 0. The van der Waals surface area contributed by atoms with Gasteiger partial charge in [-0.15, -0.1) is 0 Å². The van der Waals surface area contributed by atoms with E-state index in [9.17, 15) is 0 Å². The minimum absolute atomic E-state index is 0.678. The van der Waals surface area contributed by atoms with Crippen LogP contribution in [0.15, 0.2) is 59.0 Å². The Hall–Kier alpha value is -2.09. The molecular weight excluding hydrogens is 187 g/mol. The average Bonchev–Trinajstić information content (AvgIpc) is 2.74. The standard InChI is InChI=1S/C13H9NO/c1-2-6-10(7-3-1)13-14-11-8-4-5-9-12(11)15-13/h1-9H/i13+1. The number of para-hydroxylation sites is 2. The second kappa shape index (κ2) is 3.24. The van der Waals surface area contributed by atoms with Gasteiger partial charge in [0.15, 0.2) is 5.58 Å². The third kappa shape index (κ3) is 1.40. The molecule has 0 unspecified atom stereocenters. The SMILES string of the molecule is c1ccc(-[13c]2nc3ccccc3o2)cc1. The Morgan fingerprint density at radius 2 is 1.53 bits per heavy atom. The first kappa shape index (κ1) is 8.24. The van der Waals surface area contributed by atoms with Crippen LogP contribution < -0.4 is 0 Å². The fourth-order valence-corrected chi connectivity index (χ4v) is 1.58. The number of fused-ring (bicyclic) bond motifs is 1. The number of hydrogen-bond donors (Lipinski definition) is 0. The van der Waals surface area contributed by atoms with Crippen molar-refractivity contribution < 1.29 is 4.42 Å². The highest BCUT2D eigenvalue weighted by Gasteiger charge is 2.05. The highest BCUT2D eigenvalue weighted by Crippen LogP contribution is 2.23. The molecule has 0 aliphatic heterocycles. The van der Waals surface area contributed by atoms with Crippen LogP contribution in [0.3, 0.4) is 0 Å². The van der Waals surface area contributed by atoms with E-state index >= 15 is 0 Å². The molecule has 0 radical (unpaired) electrons. The normalized spacial score (nSPS) is 10.7. The van der Waals surface area contributed by atoms with Gasteiger partial charge < -0.3 is 4.42 Å². The first-order chi connectivity index (χ1) is 7.43. The summed E-state index contributed by atoms with van der Waals surface area (Å²) < 4.78 is 5.64. The van der Waals surface area contributed by atoms with Crippen molar-refractivity contribution in [3.63, 3.8) is 0 Å². The van der Waals surface area contributed by atoms with Gasteiger partial charge in [-0.2, -0.15) is 0 Å². The van der Waals surface area contributed by atoms with Crippen molar-refractivity contribution in [3.8, 4) is 11.5 Å². The summed E-state index contributed by atoms with van der Waals surface area (Å²) in [5, 5.41) is 0. The molecule has 0 amide bonds. The van der Waals surface area contributed by atoms with Gasteiger partial charge in [0.1, 0.15) is 5.52 Å². The lowest BCUT2D eigenvalue weighted by atomic mass is 10.3. The van der Waals surface area contributed by atoms with Crippen LogP contribution in [0, 0.1) is 0 Å². The van der Waals surface area contributed by atoms with E-state index in [1.54, 1.807) is 0 Å². The number of benzene rings is 2. The Balaban J connectivity index is 2.21. The molecule has 1 aromatic heterocycles. The number of nitrogens with zero attached hydrogens (tertiary/aromatic N) is 1. The number of aromatic nitrogens is 1. The van der Waals surface area contributed by atoms with E-state index in [2.05, 4.69) is 4.98 Å². The second-order valence-corrected chi connectivity index (χ2v) is 3.35.